The fourth-order valence-electron chi connectivity index (χ4n) is 0.982. The summed E-state index contributed by atoms with van der Waals surface area (Å²) >= 11 is 0. The summed E-state index contributed by atoms with van der Waals surface area (Å²) in [6, 6.07) is 0. The molecule has 0 unspecified atom stereocenters. The van der Waals surface area contributed by atoms with E-state index in [2.05, 4.69) is 11.2 Å². The highest BCUT2D eigenvalue weighted by molar-refractivity contribution is 5.53. The number of aromatic nitrogens is 2. The molecule has 3 nitrogen and oxygen atoms in total. The molecule has 0 fully saturated rings. The molecule has 3 heteroatoms. The van der Waals surface area contributed by atoms with Crippen LogP contribution >= 0.6 is 0 Å². The smallest absolute Gasteiger partial charge is 0.0564 e. The number of hydrogen-bond acceptors (Lipinski definition) is 2. The summed E-state index contributed by atoms with van der Waals surface area (Å²) < 4.78 is 1.86. The van der Waals surface area contributed by atoms with Crippen LogP contribution in [0.5, 0.6) is 0 Å². The predicted molar refractivity (Wildman–Crippen MR) is 50.7 cm³/mol. The highest BCUT2D eigenvalue weighted by Gasteiger charge is 1.99. The van der Waals surface area contributed by atoms with Crippen LogP contribution in [0.3, 0.4) is 0 Å². The summed E-state index contributed by atoms with van der Waals surface area (Å²) in [4.78, 5) is 0. The summed E-state index contributed by atoms with van der Waals surface area (Å²) in [6.45, 7) is 4.67. The summed E-state index contributed by atoms with van der Waals surface area (Å²) in [5, 5.41) is 4.13. The van der Waals surface area contributed by atoms with E-state index in [1.165, 1.54) is 11.3 Å². The second-order valence-electron chi connectivity index (χ2n) is 3.00. The Bertz CT molecular complexity index is 297. The number of rotatable bonds is 2. The lowest BCUT2D eigenvalue weighted by Gasteiger charge is -1.96. The van der Waals surface area contributed by atoms with Gasteiger partial charge in [0, 0.05) is 24.8 Å². The van der Waals surface area contributed by atoms with Crippen molar-refractivity contribution in [3.05, 3.63) is 23.0 Å². The van der Waals surface area contributed by atoms with Crippen LogP contribution in [0.1, 0.15) is 18.2 Å². The molecule has 2 N–H and O–H groups in total. The average Bonchev–Trinajstić information content (AvgIpc) is 2.36. The van der Waals surface area contributed by atoms with Crippen LogP contribution in [0.4, 0.5) is 0 Å². The van der Waals surface area contributed by atoms with E-state index in [0.29, 0.717) is 6.54 Å². The number of hydrogen-bond donors (Lipinski definition) is 1. The standard InChI is InChI=1S/C9H15N3/c1-7(5-10)4-9-6-11-12(3)8(9)2/h4,6H,5,10H2,1-3H3. The van der Waals surface area contributed by atoms with Crippen molar-refractivity contribution < 1.29 is 0 Å². The Hall–Kier alpha value is -1.09. The minimum atomic E-state index is 0.605. The van der Waals surface area contributed by atoms with E-state index in [4.69, 9.17) is 5.73 Å². The van der Waals surface area contributed by atoms with Crippen LogP contribution in [-0.4, -0.2) is 16.3 Å². The van der Waals surface area contributed by atoms with Crippen molar-refractivity contribution >= 4 is 6.08 Å². The Morgan fingerprint density at radius 3 is 2.83 bits per heavy atom. The molecule has 1 heterocycles. The molecule has 0 saturated heterocycles. The minimum Gasteiger partial charge on any atom is -0.327 e. The summed E-state index contributed by atoms with van der Waals surface area (Å²) in [7, 11) is 1.93. The number of aryl methyl sites for hydroxylation is 1. The van der Waals surface area contributed by atoms with Gasteiger partial charge in [-0.25, -0.2) is 0 Å². The lowest BCUT2D eigenvalue weighted by atomic mass is 10.2. The highest BCUT2D eigenvalue weighted by atomic mass is 15.3. The fourth-order valence-corrected chi connectivity index (χ4v) is 0.982. The molecular weight excluding hydrogens is 150 g/mol. The first-order chi connectivity index (χ1) is 5.65. The minimum absolute atomic E-state index is 0.605. The van der Waals surface area contributed by atoms with E-state index in [1.807, 2.05) is 31.8 Å². The molecule has 66 valence electrons. The average molecular weight is 165 g/mol. The molecule has 1 aromatic rings. The SMILES string of the molecule is CC(=Cc1cnn(C)c1C)CN. The van der Waals surface area contributed by atoms with Crippen molar-refractivity contribution in [1.29, 1.82) is 0 Å². The Balaban J connectivity index is 2.97. The van der Waals surface area contributed by atoms with E-state index >= 15 is 0 Å². The molecule has 0 amide bonds. The molecule has 0 spiro atoms. The van der Waals surface area contributed by atoms with E-state index in [-0.39, 0.29) is 0 Å². The second kappa shape index (κ2) is 3.54. The highest BCUT2D eigenvalue weighted by Crippen LogP contribution is 2.09. The third-order valence-electron chi connectivity index (χ3n) is 2.00. The lowest BCUT2D eigenvalue weighted by molar-refractivity contribution is 0.740. The second-order valence-corrected chi connectivity index (χ2v) is 3.00. The van der Waals surface area contributed by atoms with Gasteiger partial charge in [0.15, 0.2) is 0 Å². The molecule has 0 aliphatic heterocycles. The third-order valence-corrected chi connectivity index (χ3v) is 2.00. The molecule has 0 aromatic carbocycles. The van der Waals surface area contributed by atoms with Crippen LogP contribution in [0.15, 0.2) is 11.8 Å². The Kier molecular flexibility index (Phi) is 2.65. The van der Waals surface area contributed by atoms with Gasteiger partial charge in [0.2, 0.25) is 0 Å². The molecule has 0 atom stereocenters. The topological polar surface area (TPSA) is 43.8 Å². The van der Waals surface area contributed by atoms with E-state index in [9.17, 15) is 0 Å². The van der Waals surface area contributed by atoms with E-state index in [1.54, 1.807) is 0 Å². The van der Waals surface area contributed by atoms with Gasteiger partial charge in [-0.05, 0) is 13.8 Å². The summed E-state index contributed by atoms with van der Waals surface area (Å²) in [6.07, 6.45) is 3.93. The van der Waals surface area contributed by atoms with E-state index < -0.39 is 0 Å². The van der Waals surface area contributed by atoms with Crippen LogP contribution in [0.25, 0.3) is 6.08 Å². The van der Waals surface area contributed by atoms with Crippen LogP contribution in [-0.2, 0) is 7.05 Å². The molecule has 0 aliphatic carbocycles. The maximum absolute atomic E-state index is 5.48. The van der Waals surface area contributed by atoms with Crippen molar-refractivity contribution in [2.24, 2.45) is 12.8 Å². The Morgan fingerprint density at radius 2 is 2.42 bits per heavy atom. The van der Waals surface area contributed by atoms with E-state index in [0.717, 1.165) is 5.56 Å². The van der Waals surface area contributed by atoms with Gasteiger partial charge >= 0.3 is 0 Å². The maximum atomic E-state index is 5.48. The summed E-state index contributed by atoms with van der Waals surface area (Å²) in [5.41, 5.74) is 8.98. The molecule has 0 saturated carbocycles. The van der Waals surface area contributed by atoms with Crippen molar-refractivity contribution in [2.75, 3.05) is 6.54 Å². The molecule has 1 rings (SSSR count). The first-order valence-electron chi connectivity index (χ1n) is 4.01. The normalized spacial score (nSPS) is 12.2. The third kappa shape index (κ3) is 1.74. The van der Waals surface area contributed by atoms with Gasteiger partial charge in [-0.15, -0.1) is 0 Å². The fraction of sp³-hybridized carbons (Fsp3) is 0.444. The van der Waals surface area contributed by atoms with Crippen LogP contribution in [0.2, 0.25) is 0 Å². The lowest BCUT2D eigenvalue weighted by Crippen LogP contribution is -1.99. The quantitative estimate of drug-likeness (QED) is 0.713. The predicted octanol–water partition coefficient (Wildman–Crippen LogP) is 1.09. The monoisotopic (exact) mass is 165 g/mol. The zero-order valence-corrected chi connectivity index (χ0v) is 7.83. The molecule has 12 heavy (non-hydrogen) atoms. The largest absolute Gasteiger partial charge is 0.327 e. The zero-order valence-electron chi connectivity index (χ0n) is 7.83. The van der Waals surface area contributed by atoms with Gasteiger partial charge in [0.05, 0.1) is 6.20 Å². The van der Waals surface area contributed by atoms with Gasteiger partial charge in [0.25, 0.3) is 0 Å². The van der Waals surface area contributed by atoms with Crippen molar-refractivity contribution in [1.82, 2.24) is 9.78 Å². The van der Waals surface area contributed by atoms with Crippen molar-refractivity contribution in [3.8, 4) is 0 Å². The molecule has 0 aliphatic rings. The van der Waals surface area contributed by atoms with Crippen molar-refractivity contribution in [2.45, 2.75) is 13.8 Å². The Labute approximate surface area is 72.9 Å². The van der Waals surface area contributed by atoms with Crippen molar-refractivity contribution in [3.63, 3.8) is 0 Å². The van der Waals surface area contributed by atoms with Gasteiger partial charge in [0.1, 0.15) is 0 Å². The first kappa shape index (κ1) is 9.00. The molecular formula is C9H15N3. The molecule has 1 aromatic heterocycles. The zero-order chi connectivity index (χ0) is 9.14. The van der Waals surface area contributed by atoms with Gasteiger partial charge in [-0.3, -0.25) is 4.68 Å². The number of nitrogens with two attached hydrogens (primary N) is 1. The van der Waals surface area contributed by atoms with Gasteiger partial charge < -0.3 is 5.73 Å². The number of nitrogens with zero attached hydrogens (tertiary/aromatic N) is 2. The summed E-state index contributed by atoms with van der Waals surface area (Å²) in [5.74, 6) is 0. The van der Waals surface area contributed by atoms with Gasteiger partial charge in [-0.1, -0.05) is 11.6 Å². The maximum Gasteiger partial charge on any atom is 0.0564 e. The van der Waals surface area contributed by atoms with Crippen LogP contribution in [0, 0.1) is 6.92 Å². The molecule has 0 radical (unpaired) electrons. The van der Waals surface area contributed by atoms with Crippen LogP contribution < -0.4 is 5.73 Å². The molecule has 0 bridgehead atoms. The van der Waals surface area contributed by atoms with Gasteiger partial charge in [-0.2, -0.15) is 5.10 Å². The Morgan fingerprint density at radius 1 is 1.75 bits per heavy atom. The first-order valence-corrected chi connectivity index (χ1v) is 4.01.